The quantitative estimate of drug-likeness (QED) is 0.794. The maximum atomic E-state index is 12.1. The molecule has 0 aromatic rings. The number of rotatable bonds is 2. The Bertz CT molecular complexity index is 406. The standard InChI is InChI=1S/C12H19F3N2O4/c1-11(2,3)21-10(20)17-5-7(8(18)6-17)4-16-9(19)12(13,14)15/h7-8,18H,4-6H2,1-3H3,(H,16,19)/t7-,8+/m1/s1. The van der Waals surface area contributed by atoms with Crippen LogP contribution in [-0.4, -0.2) is 59.5 Å². The first-order valence-corrected chi connectivity index (χ1v) is 6.41. The number of β-amino-alcohol motifs (C(OH)–C–C–N with tert-alkyl or cyclic N) is 1. The average Bonchev–Trinajstić information content (AvgIpc) is 2.64. The van der Waals surface area contributed by atoms with E-state index in [1.807, 2.05) is 0 Å². The molecule has 2 atom stereocenters. The van der Waals surface area contributed by atoms with Gasteiger partial charge in [0.2, 0.25) is 0 Å². The predicted molar refractivity (Wildman–Crippen MR) is 66.4 cm³/mol. The van der Waals surface area contributed by atoms with Gasteiger partial charge < -0.3 is 20.1 Å². The fourth-order valence-corrected chi connectivity index (χ4v) is 1.85. The van der Waals surface area contributed by atoms with Crippen molar-refractivity contribution in [3.05, 3.63) is 0 Å². The maximum absolute atomic E-state index is 12.1. The zero-order valence-electron chi connectivity index (χ0n) is 12.0. The molecule has 0 bridgehead atoms. The Morgan fingerprint density at radius 2 is 1.86 bits per heavy atom. The van der Waals surface area contributed by atoms with Crippen molar-refractivity contribution in [1.29, 1.82) is 0 Å². The summed E-state index contributed by atoms with van der Waals surface area (Å²) in [6.07, 6.45) is -6.62. The lowest BCUT2D eigenvalue weighted by molar-refractivity contribution is -0.173. The van der Waals surface area contributed by atoms with Crippen LogP contribution < -0.4 is 5.32 Å². The summed E-state index contributed by atoms with van der Waals surface area (Å²) in [6.45, 7) is 4.66. The van der Waals surface area contributed by atoms with E-state index in [0.717, 1.165) is 0 Å². The van der Waals surface area contributed by atoms with Gasteiger partial charge in [0.25, 0.3) is 0 Å². The second-order valence-corrected chi connectivity index (χ2v) is 5.92. The SMILES string of the molecule is CC(C)(C)OC(=O)N1C[C@@H](CNC(=O)C(F)(F)F)[C@@H](O)C1. The molecule has 122 valence electrons. The van der Waals surface area contributed by atoms with E-state index in [2.05, 4.69) is 0 Å². The molecule has 2 amide bonds. The summed E-state index contributed by atoms with van der Waals surface area (Å²) in [6, 6.07) is 0. The Morgan fingerprint density at radius 3 is 2.33 bits per heavy atom. The molecule has 2 N–H and O–H groups in total. The lowest BCUT2D eigenvalue weighted by Gasteiger charge is -2.24. The van der Waals surface area contributed by atoms with Gasteiger partial charge in [0, 0.05) is 19.0 Å². The Balaban J connectivity index is 2.50. The lowest BCUT2D eigenvalue weighted by Crippen LogP contribution is -2.41. The van der Waals surface area contributed by atoms with Gasteiger partial charge in [-0.15, -0.1) is 0 Å². The molecule has 21 heavy (non-hydrogen) atoms. The highest BCUT2D eigenvalue weighted by molar-refractivity contribution is 5.81. The number of likely N-dealkylation sites (tertiary alicyclic amines) is 1. The first-order valence-electron chi connectivity index (χ1n) is 6.41. The van der Waals surface area contributed by atoms with Crippen LogP contribution in [0.25, 0.3) is 0 Å². The van der Waals surface area contributed by atoms with Crippen molar-refractivity contribution in [2.75, 3.05) is 19.6 Å². The van der Waals surface area contributed by atoms with Gasteiger partial charge in [0.1, 0.15) is 5.60 Å². The number of alkyl halides is 3. The molecule has 1 rings (SSSR count). The van der Waals surface area contributed by atoms with Crippen LogP contribution >= 0.6 is 0 Å². The summed E-state index contributed by atoms with van der Waals surface area (Å²) < 4.78 is 41.3. The number of hydrogen-bond donors (Lipinski definition) is 2. The molecule has 0 aliphatic carbocycles. The molecule has 1 saturated heterocycles. The van der Waals surface area contributed by atoms with Crippen LogP contribution in [0.5, 0.6) is 0 Å². The molecular weight excluding hydrogens is 293 g/mol. The number of hydrogen-bond acceptors (Lipinski definition) is 4. The number of nitrogens with zero attached hydrogens (tertiary/aromatic N) is 1. The fraction of sp³-hybridized carbons (Fsp3) is 0.833. The van der Waals surface area contributed by atoms with Gasteiger partial charge in [0.15, 0.2) is 0 Å². The summed E-state index contributed by atoms with van der Waals surface area (Å²) in [5.41, 5.74) is -0.704. The molecule has 0 aromatic heterocycles. The molecule has 1 aliphatic rings. The lowest BCUT2D eigenvalue weighted by atomic mass is 10.1. The minimum absolute atomic E-state index is 0.0220. The van der Waals surface area contributed by atoms with E-state index in [-0.39, 0.29) is 19.6 Å². The van der Waals surface area contributed by atoms with Crippen LogP contribution in [0, 0.1) is 5.92 Å². The van der Waals surface area contributed by atoms with Gasteiger partial charge in [-0.25, -0.2) is 4.79 Å². The van der Waals surface area contributed by atoms with Crippen molar-refractivity contribution in [2.45, 2.75) is 38.7 Å². The van der Waals surface area contributed by atoms with E-state index in [9.17, 15) is 27.9 Å². The van der Waals surface area contributed by atoms with E-state index < -0.39 is 35.8 Å². The Hall–Kier alpha value is -1.51. The third kappa shape index (κ3) is 5.41. The smallest absolute Gasteiger partial charge is 0.444 e. The highest BCUT2D eigenvalue weighted by Gasteiger charge is 2.41. The highest BCUT2D eigenvalue weighted by atomic mass is 19.4. The van der Waals surface area contributed by atoms with E-state index in [4.69, 9.17) is 4.74 Å². The van der Waals surface area contributed by atoms with Crippen molar-refractivity contribution < 1.29 is 32.6 Å². The molecule has 1 aliphatic heterocycles. The van der Waals surface area contributed by atoms with Crippen molar-refractivity contribution in [3.63, 3.8) is 0 Å². The number of nitrogens with one attached hydrogen (secondary N) is 1. The molecular formula is C12H19F3N2O4. The molecule has 1 fully saturated rings. The third-order valence-electron chi connectivity index (χ3n) is 2.84. The Labute approximate surface area is 120 Å². The van der Waals surface area contributed by atoms with E-state index in [1.165, 1.54) is 4.90 Å². The summed E-state index contributed by atoms with van der Waals surface area (Å²) in [7, 11) is 0. The monoisotopic (exact) mass is 312 g/mol. The second-order valence-electron chi connectivity index (χ2n) is 5.92. The van der Waals surface area contributed by atoms with Crippen LogP contribution in [0.15, 0.2) is 0 Å². The van der Waals surface area contributed by atoms with Crippen LogP contribution in [0.1, 0.15) is 20.8 Å². The van der Waals surface area contributed by atoms with Gasteiger partial charge in [-0.3, -0.25) is 4.79 Å². The number of carbonyl (C=O) groups is 2. The minimum Gasteiger partial charge on any atom is -0.444 e. The number of carbonyl (C=O) groups excluding carboxylic acids is 2. The van der Waals surface area contributed by atoms with Crippen molar-refractivity contribution >= 4 is 12.0 Å². The van der Waals surface area contributed by atoms with Crippen molar-refractivity contribution in [2.24, 2.45) is 5.92 Å². The molecule has 0 saturated carbocycles. The van der Waals surface area contributed by atoms with Crippen LogP contribution in [0.4, 0.5) is 18.0 Å². The van der Waals surface area contributed by atoms with E-state index >= 15 is 0 Å². The first kappa shape index (κ1) is 17.5. The van der Waals surface area contributed by atoms with Crippen molar-refractivity contribution in [1.82, 2.24) is 10.2 Å². The van der Waals surface area contributed by atoms with Crippen molar-refractivity contribution in [3.8, 4) is 0 Å². The number of ether oxygens (including phenoxy) is 1. The van der Waals surface area contributed by atoms with Gasteiger partial charge in [0.05, 0.1) is 12.6 Å². The average molecular weight is 312 g/mol. The number of aliphatic hydroxyl groups excluding tert-OH is 1. The molecule has 6 nitrogen and oxygen atoms in total. The normalized spacial score (nSPS) is 23.1. The number of amides is 2. The van der Waals surface area contributed by atoms with E-state index in [0.29, 0.717) is 0 Å². The molecule has 1 heterocycles. The largest absolute Gasteiger partial charge is 0.471 e. The van der Waals surface area contributed by atoms with Gasteiger partial charge in [-0.2, -0.15) is 13.2 Å². The summed E-state index contributed by atoms with van der Waals surface area (Å²) >= 11 is 0. The topological polar surface area (TPSA) is 78.9 Å². The first-order chi connectivity index (χ1) is 9.40. The molecule has 0 radical (unpaired) electrons. The predicted octanol–water partition coefficient (Wildman–Crippen LogP) is 0.893. The van der Waals surface area contributed by atoms with Crippen LogP contribution in [-0.2, 0) is 9.53 Å². The molecule has 0 spiro atoms. The zero-order valence-corrected chi connectivity index (χ0v) is 12.0. The number of aliphatic hydroxyl groups is 1. The highest BCUT2D eigenvalue weighted by Crippen LogP contribution is 2.20. The second kappa shape index (κ2) is 6.08. The third-order valence-corrected chi connectivity index (χ3v) is 2.84. The Morgan fingerprint density at radius 1 is 1.29 bits per heavy atom. The Kier molecular flexibility index (Phi) is 5.08. The zero-order chi connectivity index (χ0) is 16.4. The minimum atomic E-state index is -4.96. The number of halogens is 3. The van der Waals surface area contributed by atoms with Crippen LogP contribution in [0.2, 0.25) is 0 Å². The molecule has 0 aromatic carbocycles. The van der Waals surface area contributed by atoms with Crippen LogP contribution in [0.3, 0.4) is 0 Å². The van der Waals surface area contributed by atoms with Gasteiger partial charge >= 0.3 is 18.2 Å². The fourth-order valence-electron chi connectivity index (χ4n) is 1.85. The molecule has 9 heteroatoms. The maximum Gasteiger partial charge on any atom is 0.471 e. The summed E-state index contributed by atoms with van der Waals surface area (Å²) in [4.78, 5) is 23.7. The van der Waals surface area contributed by atoms with E-state index in [1.54, 1.807) is 26.1 Å². The summed E-state index contributed by atoms with van der Waals surface area (Å²) in [5, 5.41) is 11.4. The van der Waals surface area contributed by atoms with Gasteiger partial charge in [-0.1, -0.05) is 0 Å². The summed E-state index contributed by atoms with van der Waals surface area (Å²) in [5.74, 6) is -2.73. The molecule has 0 unspecified atom stereocenters. The van der Waals surface area contributed by atoms with Gasteiger partial charge in [-0.05, 0) is 20.8 Å².